The van der Waals surface area contributed by atoms with Crippen LogP contribution >= 0.6 is 0 Å². The Hall–Kier alpha value is -4.53. The van der Waals surface area contributed by atoms with Crippen LogP contribution in [0.5, 0.6) is 5.88 Å². The maximum Gasteiger partial charge on any atom is 0.326 e. The van der Waals surface area contributed by atoms with Crippen molar-refractivity contribution in [3.63, 3.8) is 0 Å². The van der Waals surface area contributed by atoms with E-state index < -0.39 is 23.1 Å². The van der Waals surface area contributed by atoms with Crippen LogP contribution in [0.1, 0.15) is 25.0 Å². The lowest BCUT2D eigenvalue weighted by Crippen LogP contribution is -2.41. The van der Waals surface area contributed by atoms with Gasteiger partial charge >= 0.3 is 5.97 Å². The number of amides is 1. The van der Waals surface area contributed by atoms with Crippen LogP contribution < -0.4 is 15.8 Å². The fraction of sp³-hybridized carbons (Fsp3) is 0.273. The molecule has 2 aromatic heterocycles. The normalized spacial score (nSPS) is 16.5. The van der Waals surface area contributed by atoms with Crippen LogP contribution in [0, 0.1) is 12.4 Å². The number of hydrogen-bond acceptors (Lipinski definition) is 8. The molecule has 0 saturated heterocycles. The van der Waals surface area contributed by atoms with Crippen LogP contribution in [0.25, 0.3) is 16.4 Å². The molecular formula is C22H20FN7O4. The van der Waals surface area contributed by atoms with Crippen molar-refractivity contribution in [1.29, 1.82) is 0 Å². The van der Waals surface area contributed by atoms with Crippen molar-refractivity contribution in [3.8, 4) is 17.4 Å². The highest BCUT2D eigenvalue weighted by atomic mass is 19.1. The van der Waals surface area contributed by atoms with Crippen molar-refractivity contribution in [1.82, 2.24) is 19.7 Å². The van der Waals surface area contributed by atoms with E-state index in [1.807, 2.05) is 0 Å². The highest BCUT2D eigenvalue weighted by molar-refractivity contribution is 6.19. The summed E-state index contributed by atoms with van der Waals surface area (Å²) in [5.41, 5.74) is 4.85. The second kappa shape index (κ2) is 8.43. The highest BCUT2D eigenvalue weighted by Crippen LogP contribution is 2.43. The summed E-state index contributed by atoms with van der Waals surface area (Å²) in [5, 5.41) is 6.91. The molecule has 12 heteroatoms. The van der Waals surface area contributed by atoms with Gasteiger partial charge in [0.25, 0.3) is 5.69 Å². The van der Waals surface area contributed by atoms with Crippen molar-refractivity contribution in [2.45, 2.75) is 25.8 Å². The van der Waals surface area contributed by atoms with E-state index in [0.29, 0.717) is 5.56 Å². The molecular weight excluding hydrogens is 445 g/mol. The standard InChI is InChI=1S/C22H20FN7O4/c1-5-34-21(32)22(2)13-16(24)26-18(27-17(13)28-20(22)31)14-15(25-3)19(33-4)30(29-14)10-11-8-6-7-9-12(11)23/h6-9H,5,10H2,1-2,4H3,(H3,24,26,27,28,31). The van der Waals surface area contributed by atoms with Crippen LogP contribution in [0.2, 0.25) is 0 Å². The SMILES string of the molecule is [C-]#[N+]c1c(-c2nc(N)c3c(n2)NC(=O)C3(C)C(=O)OCC)nn(Cc2ccccc2F)c1OC. The Balaban J connectivity index is 1.83. The van der Waals surface area contributed by atoms with Gasteiger partial charge in [0.2, 0.25) is 11.8 Å². The summed E-state index contributed by atoms with van der Waals surface area (Å²) < 4.78 is 25.9. The molecule has 1 atom stereocenters. The molecule has 34 heavy (non-hydrogen) atoms. The Bertz CT molecular complexity index is 1360. The largest absolute Gasteiger partial charge is 0.490 e. The zero-order chi connectivity index (χ0) is 24.6. The number of carbonyl (C=O) groups is 2. The van der Waals surface area contributed by atoms with Crippen LogP contribution in [0.4, 0.5) is 21.7 Å². The highest BCUT2D eigenvalue weighted by Gasteiger charge is 2.53. The topological polar surface area (TPSA) is 139 Å². The number of ether oxygens (including phenoxy) is 2. The minimum absolute atomic E-state index is 0.0154. The molecule has 0 radical (unpaired) electrons. The first kappa shape index (κ1) is 22.7. The number of fused-ring (bicyclic) bond motifs is 1. The Labute approximate surface area is 193 Å². The first-order chi connectivity index (χ1) is 16.3. The predicted molar refractivity (Wildman–Crippen MR) is 119 cm³/mol. The average molecular weight is 465 g/mol. The maximum atomic E-state index is 14.2. The number of methoxy groups -OCH3 is 1. The molecule has 11 nitrogen and oxygen atoms in total. The summed E-state index contributed by atoms with van der Waals surface area (Å²) in [7, 11) is 1.36. The van der Waals surface area contributed by atoms with Gasteiger partial charge in [0.1, 0.15) is 23.1 Å². The van der Waals surface area contributed by atoms with Gasteiger partial charge < -0.3 is 20.5 Å². The smallest absolute Gasteiger partial charge is 0.326 e. The number of benzene rings is 1. The summed E-state index contributed by atoms with van der Waals surface area (Å²) >= 11 is 0. The number of nitrogens with one attached hydrogen (secondary N) is 1. The molecule has 1 amide bonds. The third kappa shape index (κ3) is 3.38. The summed E-state index contributed by atoms with van der Waals surface area (Å²) in [6, 6.07) is 6.14. The third-order valence-corrected chi connectivity index (χ3v) is 5.48. The summed E-state index contributed by atoms with van der Waals surface area (Å²) in [4.78, 5) is 37.2. The summed E-state index contributed by atoms with van der Waals surface area (Å²) in [5.74, 6) is -2.00. The molecule has 0 saturated carbocycles. The number of nitrogens with zero attached hydrogens (tertiary/aromatic N) is 5. The van der Waals surface area contributed by atoms with Crippen molar-refractivity contribution in [3.05, 3.63) is 52.6 Å². The number of anilines is 2. The third-order valence-electron chi connectivity index (χ3n) is 5.48. The number of nitrogen functional groups attached to an aromatic ring is 1. The molecule has 0 aliphatic carbocycles. The van der Waals surface area contributed by atoms with Crippen LogP contribution in [0.15, 0.2) is 24.3 Å². The van der Waals surface area contributed by atoms with Gasteiger partial charge in [0, 0.05) is 5.56 Å². The molecule has 1 unspecified atom stereocenters. The van der Waals surface area contributed by atoms with Crippen molar-refractivity contribution in [2.24, 2.45) is 0 Å². The lowest BCUT2D eigenvalue weighted by Gasteiger charge is -2.20. The molecule has 0 spiro atoms. The lowest BCUT2D eigenvalue weighted by atomic mass is 9.84. The first-order valence-electron chi connectivity index (χ1n) is 10.2. The molecule has 0 bridgehead atoms. The fourth-order valence-corrected chi connectivity index (χ4v) is 3.77. The fourth-order valence-electron chi connectivity index (χ4n) is 3.77. The van der Waals surface area contributed by atoms with Crippen molar-refractivity contribution in [2.75, 3.05) is 24.8 Å². The molecule has 1 aromatic carbocycles. The summed E-state index contributed by atoms with van der Waals surface area (Å²) in [6.07, 6.45) is 0. The molecule has 174 valence electrons. The number of aromatic nitrogens is 4. The zero-order valence-corrected chi connectivity index (χ0v) is 18.5. The summed E-state index contributed by atoms with van der Waals surface area (Å²) in [6.45, 7) is 10.7. The van der Waals surface area contributed by atoms with Crippen LogP contribution in [-0.4, -0.2) is 45.3 Å². The van der Waals surface area contributed by atoms with E-state index in [9.17, 15) is 14.0 Å². The molecule has 4 rings (SSSR count). The number of hydrogen-bond donors (Lipinski definition) is 2. The van der Waals surface area contributed by atoms with Gasteiger partial charge in [-0.15, -0.1) is 0 Å². The van der Waals surface area contributed by atoms with Gasteiger partial charge in [-0.2, -0.15) is 5.10 Å². The van der Waals surface area contributed by atoms with E-state index in [2.05, 4.69) is 25.2 Å². The van der Waals surface area contributed by atoms with Gasteiger partial charge in [0.05, 0.1) is 32.4 Å². The number of nitrogens with two attached hydrogens (primary N) is 1. The lowest BCUT2D eigenvalue weighted by molar-refractivity contribution is -0.152. The van der Waals surface area contributed by atoms with Gasteiger partial charge in [-0.1, -0.05) is 18.2 Å². The molecule has 0 fully saturated rings. The van der Waals surface area contributed by atoms with Crippen LogP contribution in [0.3, 0.4) is 0 Å². The Kier molecular flexibility index (Phi) is 5.62. The van der Waals surface area contributed by atoms with E-state index in [1.165, 1.54) is 24.8 Å². The Morgan fingerprint density at radius 2 is 2.09 bits per heavy atom. The average Bonchev–Trinajstić information content (AvgIpc) is 3.30. The monoisotopic (exact) mass is 465 g/mol. The minimum Gasteiger partial charge on any atom is -0.490 e. The van der Waals surface area contributed by atoms with Gasteiger partial charge in [-0.05, 0) is 19.9 Å². The molecule has 3 aromatic rings. The predicted octanol–water partition coefficient (Wildman–Crippen LogP) is 2.44. The van der Waals surface area contributed by atoms with E-state index >= 15 is 0 Å². The van der Waals surface area contributed by atoms with E-state index in [0.717, 1.165) is 0 Å². The van der Waals surface area contributed by atoms with Crippen molar-refractivity contribution >= 4 is 29.2 Å². The number of halogens is 1. The second-order valence-electron chi connectivity index (χ2n) is 7.52. The zero-order valence-electron chi connectivity index (χ0n) is 18.5. The van der Waals surface area contributed by atoms with E-state index in [1.54, 1.807) is 25.1 Å². The number of rotatable bonds is 6. The second-order valence-corrected chi connectivity index (χ2v) is 7.52. The van der Waals surface area contributed by atoms with Gasteiger partial charge in [-0.25, -0.2) is 23.9 Å². The number of esters is 1. The maximum absolute atomic E-state index is 14.2. The molecule has 3 N–H and O–H groups in total. The van der Waals surface area contributed by atoms with Crippen molar-refractivity contribution < 1.29 is 23.5 Å². The quantitative estimate of drug-likeness (QED) is 0.322. The van der Waals surface area contributed by atoms with Gasteiger partial charge in [-0.3, -0.25) is 9.59 Å². The van der Waals surface area contributed by atoms with E-state index in [4.69, 9.17) is 21.8 Å². The van der Waals surface area contributed by atoms with Crippen LogP contribution in [-0.2, 0) is 26.3 Å². The molecule has 1 aliphatic heterocycles. The molecule has 1 aliphatic rings. The Morgan fingerprint density at radius 3 is 2.74 bits per heavy atom. The van der Waals surface area contributed by atoms with Gasteiger partial charge in [0.15, 0.2) is 11.2 Å². The van der Waals surface area contributed by atoms with E-state index in [-0.39, 0.29) is 53.4 Å². The molecule has 3 heterocycles. The minimum atomic E-state index is -1.72. The number of carbonyl (C=O) groups excluding carboxylic acids is 2. The first-order valence-corrected chi connectivity index (χ1v) is 10.2. The Morgan fingerprint density at radius 1 is 1.35 bits per heavy atom.